The minimum absolute atomic E-state index is 0.227. The molecule has 2 heterocycles. The summed E-state index contributed by atoms with van der Waals surface area (Å²) in [7, 11) is -3.49. The van der Waals surface area contributed by atoms with Crippen LogP contribution in [-0.4, -0.2) is 74.2 Å². The number of nitrogens with zero attached hydrogens (tertiary/aromatic N) is 2. The monoisotopic (exact) mass is 349 g/mol. The molecule has 1 atom stereocenters. The number of ether oxygens (including phenoxy) is 2. The number of alkyl carbamates (subject to hydrolysis) is 1. The number of amides is 1. The van der Waals surface area contributed by atoms with Gasteiger partial charge in [-0.3, -0.25) is 0 Å². The van der Waals surface area contributed by atoms with Crippen LogP contribution in [0.5, 0.6) is 0 Å². The molecule has 0 aliphatic carbocycles. The first-order valence-electron chi connectivity index (χ1n) is 8.01. The van der Waals surface area contributed by atoms with Gasteiger partial charge in [-0.05, 0) is 33.6 Å². The summed E-state index contributed by atoms with van der Waals surface area (Å²) in [4.78, 5) is 11.9. The SMILES string of the molecule is CC(C)(C)OC(=O)N[C@H]1CCCN(S(=O)(=O)N2CCOCC2)C1. The zero-order valence-electron chi connectivity index (χ0n) is 14.1. The largest absolute Gasteiger partial charge is 0.444 e. The Labute approximate surface area is 138 Å². The van der Waals surface area contributed by atoms with E-state index in [1.807, 2.05) is 0 Å². The Morgan fingerprint density at radius 2 is 1.83 bits per heavy atom. The minimum atomic E-state index is -3.49. The van der Waals surface area contributed by atoms with E-state index in [1.54, 1.807) is 20.8 Å². The first-order valence-corrected chi connectivity index (χ1v) is 9.41. The number of hydrogen-bond donors (Lipinski definition) is 1. The van der Waals surface area contributed by atoms with Gasteiger partial charge in [-0.15, -0.1) is 0 Å². The van der Waals surface area contributed by atoms with E-state index < -0.39 is 21.9 Å². The molecule has 0 aromatic carbocycles. The normalized spacial score (nSPS) is 25.1. The number of carbonyl (C=O) groups excluding carboxylic acids is 1. The molecule has 0 bridgehead atoms. The molecule has 0 unspecified atom stereocenters. The molecule has 0 saturated carbocycles. The maximum Gasteiger partial charge on any atom is 0.407 e. The standard InChI is InChI=1S/C14H27N3O5S/c1-14(2,3)22-13(18)15-12-5-4-6-17(11-12)23(19,20)16-7-9-21-10-8-16/h12H,4-11H2,1-3H3,(H,15,18)/t12-/m0/s1. The lowest BCUT2D eigenvalue weighted by Gasteiger charge is -2.37. The van der Waals surface area contributed by atoms with Crippen LogP contribution < -0.4 is 5.32 Å². The van der Waals surface area contributed by atoms with Gasteiger partial charge in [0.25, 0.3) is 10.2 Å². The van der Waals surface area contributed by atoms with Gasteiger partial charge in [0.1, 0.15) is 5.60 Å². The molecule has 8 nitrogen and oxygen atoms in total. The number of nitrogens with one attached hydrogen (secondary N) is 1. The topological polar surface area (TPSA) is 88.2 Å². The highest BCUT2D eigenvalue weighted by Crippen LogP contribution is 2.18. The van der Waals surface area contributed by atoms with Gasteiger partial charge >= 0.3 is 6.09 Å². The van der Waals surface area contributed by atoms with Gasteiger partial charge in [-0.1, -0.05) is 0 Å². The average Bonchev–Trinajstić information content (AvgIpc) is 2.46. The summed E-state index contributed by atoms with van der Waals surface area (Å²) in [5.74, 6) is 0. The Hall–Kier alpha value is -0.900. The van der Waals surface area contributed by atoms with Crippen molar-refractivity contribution < 1.29 is 22.7 Å². The van der Waals surface area contributed by atoms with Gasteiger partial charge in [0, 0.05) is 32.2 Å². The third kappa shape index (κ3) is 5.30. The summed E-state index contributed by atoms with van der Waals surface area (Å²) < 4.78 is 38.6. The second-order valence-corrected chi connectivity index (χ2v) is 8.79. The van der Waals surface area contributed by atoms with E-state index in [0.29, 0.717) is 39.3 Å². The molecule has 1 amide bonds. The summed E-state index contributed by atoms with van der Waals surface area (Å²) in [6.07, 6.45) is 0.950. The Morgan fingerprint density at radius 3 is 2.43 bits per heavy atom. The Kier molecular flexibility index (Phi) is 5.88. The van der Waals surface area contributed by atoms with Crippen molar-refractivity contribution in [2.75, 3.05) is 39.4 Å². The number of morpholine rings is 1. The molecule has 2 aliphatic rings. The molecule has 2 fully saturated rings. The summed E-state index contributed by atoms with van der Waals surface area (Å²) >= 11 is 0. The van der Waals surface area contributed by atoms with Gasteiger partial charge in [0.15, 0.2) is 0 Å². The van der Waals surface area contributed by atoms with Crippen LogP contribution in [0.2, 0.25) is 0 Å². The minimum Gasteiger partial charge on any atom is -0.444 e. The molecule has 134 valence electrons. The maximum absolute atomic E-state index is 12.7. The molecule has 2 rings (SSSR count). The van der Waals surface area contributed by atoms with Crippen molar-refractivity contribution in [1.29, 1.82) is 0 Å². The van der Waals surface area contributed by atoms with Crippen molar-refractivity contribution in [2.24, 2.45) is 0 Å². The van der Waals surface area contributed by atoms with Crippen molar-refractivity contribution in [3.8, 4) is 0 Å². The molecule has 1 N–H and O–H groups in total. The van der Waals surface area contributed by atoms with Crippen LogP contribution in [0.25, 0.3) is 0 Å². The summed E-state index contributed by atoms with van der Waals surface area (Å²) in [5, 5.41) is 2.77. The highest BCUT2D eigenvalue weighted by atomic mass is 32.2. The van der Waals surface area contributed by atoms with Crippen molar-refractivity contribution in [1.82, 2.24) is 13.9 Å². The second-order valence-electron chi connectivity index (χ2n) is 6.86. The zero-order valence-corrected chi connectivity index (χ0v) is 14.9. The van der Waals surface area contributed by atoms with E-state index in [2.05, 4.69) is 5.32 Å². The van der Waals surface area contributed by atoms with Crippen LogP contribution in [0.3, 0.4) is 0 Å². The molecular formula is C14H27N3O5S. The number of piperidine rings is 1. The van der Waals surface area contributed by atoms with Crippen LogP contribution in [0, 0.1) is 0 Å². The Bertz CT molecular complexity index is 511. The molecular weight excluding hydrogens is 322 g/mol. The lowest BCUT2D eigenvalue weighted by Crippen LogP contribution is -2.55. The lowest BCUT2D eigenvalue weighted by atomic mass is 10.1. The molecule has 2 aliphatic heterocycles. The molecule has 9 heteroatoms. The first-order chi connectivity index (χ1) is 10.7. The smallest absolute Gasteiger partial charge is 0.407 e. The summed E-state index contributed by atoms with van der Waals surface area (Å²) in [6, 6.07) is -0.227. The maximum atomic E-state index is 12.7. The van der Waals surface area contributed by atoms with Crippen molar-refractivity contribution >= 4 is 16.3 Å². The summed E-state index contributed by atoms with van der Waals surface area (Å²) in [5.41, 5.74) is -0.571. The molecule has 0 radical (unpaired) electrons. The second kappa shape index (κ2) is 7.33. The third-order valence-electron chi connectivity index (χ3n) is 3.73. The van der Waals surface area contributed by atoms with E-state index in [0.717, 1.165) is 6.42 Å². The fourth-order valence-corrected chi connectivity index (χ4v) is 4.35. The molecule has 2 saturated heterocycles. The predicted octanol–water partition coefficient (Wildman–Crippen LogP) is 0.553. The zero-order chi connectivity index (χ0) is 17.1. The van der Waals surface area contributed by atoms with E-state index in [9.17, 15) is 13.2 Å². The lowest BCUT2D eigenvalue weighted by molar-refractivity contribution is 0.0482. The highest BCUT2D eigenvalue weighted by Gasteiger charge is 2.35. The Morgan fingerprint density at radius 1 is 1.17 bits per heavy atom. The third-order valence-corrected chi connectivity index (χ3v) is 5.73. The molecule has 0 spiro atoms. The van der Waals surface area contributed by atoms with Gasteiger partial charge in [0.2, 0.25) is 0 Å². The predicted molar refractivity (Wildman–Crippen MR) is 85.3 cm³/mol. The van der Waals surface area contributed by atoms with Gasteiger partial charge in [0.05, 0.1) is 13.2 Å². The molecule has 0 aromatic heterocycles. The van der Waals surface area contributed by atoms with E-state index in [-0.39, 0.29) is 12.6 Å². The van der Waals surface area contributed by atoms with Crippen molar-refractivity contribution in [2.45, 2.75) is 45.3 Å². The quantitative estimate of drug-likeness (QED) is 0.804. The van der Waals surface area contributed by atoms with Gasteiger partial charge < -0.3 is 14.8 Å². The highest BCUT2D eigenvalue weighted by molar-refractivity contribution is 7.86. The van der Waals surface area contributed by atoms with Crippen LogP contribution in [0.15, 0.2) is 0 Å². The molecule has 23 heavy (non-hydrogen) atoms. The Balaban J connectivity index is 1.93. The molecule has 0 aromatic rings. The fraction of sp³-hybridized carbons (Fsp3) is 0.929. The first kappa shape index (κ1) is 18.4. The van der Waals surface area contributed by atoms with Crippen molar-refractivity contribution in [3.05, 3.63) is 0 Å². The van der Waals surface area contributed by atoms with Crippen molar-refractivity contribution in [3.63, 3.8) is 0 Å². The van der Waals surface area contributed by atoms with E-state index in [1.165, 1.54) is 8.61 Å². The van der Waals surface area contributed by atoms with Gasteiger partial charge in [-0.2, -0.15) is 17.0 Å². The van der Waals surface area contributed by atoms with E-state index in [4.69, 9.17) is 9.47 Å². The average molecular weight is 349 g/mol. The van der Waals surface area contributed by atoms with Crippen LogP contribution in [-0.2, 0) is 19.7 Å². The van der Waals surface area contributed by atoms with Crippen LogP contribution >= 0.6 is 0 Å². The fourth-order valence-electron chi connectivity index (χ4n) is 2.68. The number of rotatable bonds is 3. The van der Waals surface area contributed by atoms with Crippen LogP contribution in [0.4, 0.5) is 4.79 Å². The van der Waals surface area contributed by atoms with Gasteiger partial charge in [-0.25, -0.2) is 4.79 Å². The number of hydrogen-bond acceptors (Lipinski definition) is 5. The number of carbonyl (C=O) groups is 1. The summed E-state index contributed by atoms with van der Waals surface area (Å²) in [6.45, 7) is 7.74. The van der Waals surface area contributed by atoms with E-state index >= 15 is 0 Å². The van der Waals surface area contributed by atoms with Crippen LogP contribution in [0.1, 0.15) is 33.6 Å².